The molecule has 0 radical (unpaired) electrons. The van der Waals surface area contributed by atoms with Gasteiger partial charge < -0.3 is 10.2 Å². The zero-order valence-electron chi connectivity index (χ0n) is 11.9. The molecule has 1 amide bonds. The number of nitrogens with zero attached hydrogens (tertiary/aromatic N) is 1. The first-order valence-corrected chi connectivity index (χ1v) is 6.41. The van der Waals surface area contributed by atoms with Crippen LogP contribution in [0.3, 0.4) is 0 Å². The van der Waals surface area contributed by atoms with Gasteiger partial charge in [0.05, 0.1) is 6.54 Å². The molecule has 0 unspecified atom stereocenters. The Hall–Kier alpha value is -1.35. The summed E-state index contributed by atoms with van der Waals surface area (Å²) in [6, 6.07) is 10.2. The molecule has 18 heavy (non-hydrogen) atoms. The second-order valence-corrected chi connectivity index (χ2v) is 5.65. The molecular formula is C15H24N2O. The minimum atomic E-state index is -0.0179. The fourth-order valence-electron chi connectivity index (χ4n) is 1.54. The van der Waals surface area contributed by atoms with Gasteiger partial charge in [0.15, 0.2) is 0 Å². The van der Waals surface area contributed by atoms with Gasteiger partial charge in [0.1, 0.15) is 0 Å². The Morgan fingerprint density at radius 1 is 1.22 bits per heavy atom. The zero-order valence-corrected chi connectivity index (χ0v) is 11.9. The number of benzene rings is 1. The number of carbonyl (C=O) groups is 1. The summed E-state index contributed by atoms with van der Waals surface area (Å²) >= 11 is 0. The second kappa shape index (κ2) is 6.55. The van der Waals surface area contributed by atoms with E-state index in [0.717, 1.165) is 13.0 Å². The van der Waals surface area contributed by atoms with Crippen LogP contribution in [0, 0.1) is 0 Å². The summed E-state index contributed by atoms with van der Waals surface area (Å²) in [6.07, 6.45) is 0.901. The summed E-state index contributed by atoms with van der Waals surface area (Å²) in [5.74, 6) is 0.140. The average Bonchev–Trinajstić information content (AvgIpc) is 2.33. The van der Waals surface area contributed by atoms with Crippen molar-refractivity contribution < 1.29 is 4.79 Å². The largest absolute Gasteiger partial charge is 0.344 e. The van der Waals surface area contributed by atoms with Crippen LogP contribution in [0.4, 0.5) is 0 Å². The summed E-state index contributed by atoms with van der Waals surface area (Å²) in [6.45, 7) is 7.34. The van der Waals surface area contributed by atoms with E-state index in [4.69, 9.17) is 0 Å². The highest BCUT2D eigenvalue weighted by molar-refractivity contribution is 5.78. The number of nitrogens with one attached hydrogen (secondary N) is 1. The number of hydrogen-bond acceptors (Lipinski definition) is 2. The Bertz CT molecular complexity index is 368. The smallest absolute Gasteiger partial charge is 0.236 e. The lowest BCUT2D eigenvalue weighted by molar-refractivity contribution is -0.129. The molecule has 3 heteroatoms. The Morgan fingerprint density at radius 2 is 1.83 bits per heavy atom. The summed E-state index contributed by atoms with van der Waals surface area (Å²) in [7, 11) is 1.86. The van der Waals surface area contributed by atoms with E-state index in [-0.39, 0.29) is 11.4 Å². The lowest BCUT2D eigenvalue weighted by Gasteiger charge is -2.23. The number of likely N-dealkylation sites (N-methyl/N-ethyl adjacent to an activating group) is 1. The van der Waals surface area contributed by atoms with E-state index >= 15 is 0 Å². The Balaban J connectivity index is 2.32. The molecule has 0 saturated carbocycles. The quantitative estimate of drug-likeness (QED) is 0.865. The maximum atomic E-state index is 11.9. The first-order chi connectivity index (χ1) is 8.38. The minimum Gasteiger partial charge on any atom is -0.344 e. The molecule has 100 valence electrons. The molecule has 0 saturated heterocycles. The molecule has 0 aliphatic heterocycles. The molecule has 1 aromatic rings. The zero-order chi connectivity index (χ0) is 13.6. The summed E-state index contributed by atoms with van der Waals surface area (Å²) < 4.78 is 0. The van der Waals surface area contributed by atoms with Crippen molar-refractivity contribution in [2.45, 2.75) is 32.7 Å². The number of carbonyl (C=O) groups excluding carboxylic acids is 1. The van der Waals surface area contributed by atoms with Crippen molar-refractivity contribution in [3.8, 4) is 0 Å². The van der Waals surface area contributed by atoms with Crippen molar-refractivity contribution in [3.63, 3.8) is 0 Å². The molecule has 1 rings (SSSR count). The molecule has 0 aromatic heterocycles. The van der Waals surface area contributed by atoms with Gasteiger partial charge in [-0.3, -0.25) is 4.79 Å². The molecule has 0 heterocycles. The van der Waals surface area contributed by atoms with Gasteiger partial charge in [-0.05, 0) is 32.8 Å². The van der Waals surface area contributed by atoms with E-state index in [0.29, 0.717) is 6.54 Å². The van der Waals surface area contributed by atoms with Gasteiger partial charge in [0, 0.05) is 19.1 Å². The third-order valence-electron chi connectivity index (χ3n) is 2.77. The standard InChI is InChI=1S/C15H24N2O/c1-15(2,3)16-12-14(18)17(4)11-10-13-8-6-5-7-9-13/h5-9,16H,10-12H2,1-4H3. The SMILES string of the molecule is CN(CCc1ccccc1)C(=O)CNC(C)(C)C. The maximum Gasteiger partial charge on any atom is 0.236 e. The average molecular weight is 248 g/mol. The van der Waals surface area contributed by atoms with E-state index in [1.165, 1.54) is 5.56 Å². The minimum absolute atomic E-state index is 0.0179. The first kappa shape index (κ1) is 14.7. The van der Waals surface area contributed by atoms with Crippen LogP contribution >= 0.6 is 0 Å². The van der Waals surface area contributed by atoms with Crippen LogP contribution in [0.15, 0.2) is 30.3 Å². The molecule has 0 spiro atoms. The molecule has 0 aliphatic rings. The van der Waals surface area contributed by atoms with E-state index in [2.05, 4.69) is 38.2 Å². The third-order valence-corrected chi connectivity index (χ3v) is 2.77. The summed E-state index contributed by atoms with van der Waals surface area (Å²) in [5.41, 5.74) is 1.25. The van der Waals surface area contributed by atoms with Crippen molar-refractivity contribution in [1.82, 2.24) is 10.2 Å². The molecule has 1 N–H and O–H groups in total. The summed E-state index contributed by atoms with van der Waals surface area (Å²) in [4.78, 5) is 13.7. The normalized spacial score (nSPS) is 11.3. The fourth-order valence-corrected chi connectivity index (χ4v) is 1.54. The van der Waals surface area contributed by atoms with Crippen LogP contribution in [0.25, 0.3) is 0 Å². The second-order valence-electron chi connectivity index (χ2n) is 5.65. The van der Waals surface area contributed by atoms with Gasteiger partial charge in [-0.15, -0.1) is 0 Å². The Kier molecular flexibility index (Phi) is 5.35. The van der Waals surface area contributed by atoms with Crippen molar-refractivity contribution in [2.75, 3.05) is 20.1 Å². The van der Waals surface area contributed by atoms with Gasteiger partial charge >= 0.3 is 0 Å². The topological polar surface area (TPSA) is 32.3 Å². The highest BCUT2D eigenvalue weighted by Crippen LogP contribution is 2.01. The molecule has 0 atom stereocenters. The lowest BCUT2D eigenvalue weighted by atomic mass is 10.1. The number of amides is 1. The van der Waals surface area contributed by atoms with Crippen LogP contribution < -0.4 is 5.32 Å². The Morgan fingerprint density at radius 3 is 2.39 bits per heavy atom. The predicted octanol–water partition coefficient (Wildman–Crippen LogP) is 2.08. The van der Waals surface area contributed by atoms with Crippen LogP contribution in [0.1, 0.15) is 26.3 Å². The molecule has 1 aromatic carbocycles. The molecule has 0 aliphatic carbocycles. The number of rotatable bonds is 5. The lowest BCUT2D eigenvalue weighted by Crippen LogP contribution is -2.44. The molecule has 0 bridgehead atoms. The number of hydrogen-bond donors (Lipinski definition) is 1. The molecule has 3 nitrogen and oxygen atoms in total. The first-order valence-electron chi connectivity index (χ1n) is 6.41. The van der Waals surface area contributed by atoms with Gasteiger partial charge in [0.25, 0.3) is 0 Å². The van der Waals surface area contributed by atoms with E-state index in [1.54, 1.807) is 4.90 Å². The van der Waals surface area contributed by atoms with Gasteiger partial charge in [-0.2, -0.15) is 0 Å². The predicted molar refractivity (Wildman–Crippen MR) is 75.5 cm³/mol. The van der Waals surface area contributed by atoms with Crippen molar-refractivity contribution in [3.05, 3.63) is 35.9 Å². The fraction of sp³-hybridized carbons (Fsp3) is 0.533. The van der Waals surface area contributed by atoms with Crippen LogP contribution in [0.2, 0.25) is 0 Å². The van der Waals surface area contributed by atoms with Crippen LogP contribution in [0.5, 0.6) is 0 Å². The molecular weight excluding hydrogens is 224 g/mol. The van der Waals surface area contributed by atoms with Crippen LogP contribution in [-0.4, -0.2) is 36.5 Å². The van der Waals surface area contributed by atoms with Crippen LogP contribution in [-0.2, 0) is 11.2 Å². The monoisotopic (exact) mass is 248 g/mol. The van der Waals surface area contributed by atoms with Crippen molar-refractivity contribution in [2.24, 2.45) is 0 Å². The summed E-state index contributed by atoms with van der Waals surface area (Å²) in [5, 5.41) is 3.21. The van der Waals surface area contributed by atoms with Gasteiger partial charge in [-0.1, -0.05) is 30.3 Å². The van der Waals surface area contributed by atoms with E-state index in [1.807, 2.05) is 25.2 Å². The van der Waals surface area contributed by atoms with E-state index < -0.39 is 0 Å². The van der Waals surface area contributed by atoms with Gasteiger partial charge in [0.2, 0.25) is 5.91 Å². The van der Waals surface area contributed by atoms with E-state index in [9.17, 15) is 4.79 Å². The van der Waals surface area contributed by atoms with Crippen molar-refractivity contribution in [1.29, 1.82) is 0 Å². The third kappa shape index (κ3) is 5.82. The molecule has 0 fully saturated rings. The highest BCUT2D eigenvalue weighted by Gasteiger charge is 2.13. The maximum absolute atomic E-state index is 11.9. The van der Waals surface area contributed by atoms with Gasteiger partial charge in [-0.25, -0.2) is 0 Å². The highest BCUT2D eigenvalue weighted by atomic mass is 16.2. The Labute approximate surface area is 110 Å². The van der Waals surface area contributed by atoms with Crippen molar-refractivity contribution >= 4 is 5.91 Å².